The molecule has 3 aromatic rings. The van der Waals surface area contributed by atoms with Crippen LogP contribution in [0.2, 0.25) is 0 Å². The third-order valence-electron chi connectivity index (χ3n) is 4.73. The summed E-state index contributed by atoms with van der Waals surface area (Å²) in [6, 6.07) is 12.1. The highest BCUT2D eigenvalue weighted by Gasteiger charge is 2.19. The average molecular weight is 355 g/mol. The Hall–Kier alpha value is -2.83. The minimum absolute atomic E-state index is 0.327. The van der Waals surface area contributed by atoms with E-state index in [1.54, 1.807) is 12.1 Å². The lowest BCUT2D eigenvalue weighted by Crippen LogP contribution is -2.29. The summed E-state index contributed by atoms with van der Waals surface area (Å²) in [7, 11) is 0. The molecule has 7 heteroatoms. The summed E-state index contributed by atoms with van der Waals surface area (Å²) in [6.07, 6.45) is 1.39. The minimum Gasteiger partial charge on any atom is -0.351 e. The van der Waals surface area contributed by atoms with E-state index < -0.39 is 12.2 Å². The molecule has 26 heavy (non-hydrogen) atoms. The Morgan fingerprint density at radius 3 is 2.54 bits per heavy atom. The Labute approximate surface area is 150 Å². The molecule has 1 aliphatic heterocycles. The van der Waals surface area contributed by atoms with E-state index in [1.165, 1.54) is 16.7 Å². The van der Waals surface area contributed by atoms with Crippen LogP contribution in [-0.2, 0) is 6.42 Å². The molecule has 0 radical (unpaired) electrons. The Morgan fingerprint density at radius 2 is 1.88 bits per heavy atom. The van der Waals surface area contributed by atoms with Gasteiger partial charge in [0.2, 0.25) is 5.82 Å². The third-order valence-corrected chi connectivity index (χ3v) is 4.73. The van der Waals surface area contributed by atoms with Crippen LogP contribution in [0.5, 0.6) is 0 Å². The maximum atomic E-state index is 13.0. The zero-order chi connectivity index (χ0) is 18.1. The molecule has 2 aromatic heterocycles. The molecule has 0 aliphatic carbocycles. The van der Waals surface area contributed by atoms with Crippen molar-refractivity contribution in [1.29, 1.82) is 0 Å². The smallest absolute Gasteiger partial charge is 0.299 e. The van der Waals surface area contributed by atoms with Crippen LogP contribution in [0.3, 0.4) is 0 Å². The quantitative estimate of drug-likeness (QED) is 0.712. The summed E-state index contributed by atoms with van der Waals surface area (Å²) < 4.78 is 27.1. The molecule has 0 N–H and O–H groups in total. The second-order valence-corrected chi connectivity index (χ2v) is 6.30. The first-order chi connectivity index (χ1) is 12.7. The van der Waals surface area contributed by atoms with Gasteiger partial charge in [-0.3, -0.25) is 0 Å². The van der Waals surface area contributed by atoms with Crippen molar-refractivity contribution in [2.45, 2.75) is 26.2 Å². The lowest BCUT2D eigenvalue weighted by molar-refractivity contribution is 0.137. The number of alkyl halides is 2. The molecule has 0 amide bonds. The van der Waals surface area contributed by atoms with Gasteiger partial charge in [0.25, 0.3) is 6.43 Å². The van der Waals surface area contributed by atoms with Gasteiger partial charge >= 0.3 is 0 Å². The number of aryl methyl sites for hydroxylation is 1. The van der Waals surface area contributed by atoms with Gasteiger partial charge in [-0.1, -0.05) is 37.3 Å². The van der Waals surface area contributed by atoms with Crippen molar-refractivity contribution in [3.05, 3.63) is 59.4 Å². The van der Waals surface area contributed by atoms with Crippen molar-refractivity contribution >= 4 is 17.0 Å². The van der Waals surface area contributed by atoms with Gasteiger partial charge in [-0.15, -0.1) is 15.3 Å². The van der Waals surface area contributed by atoms with Gasteiger partial charge < -0.3 is 4.90 Å². The van der Waals surface area contributed by atoms with Crippen molar-refractivity contribution < 1.29 is 8.78 Å². The number of fused-ring (bicyclic) bond motifs is 1. The molecular formula is C19H19F2N5. The first-order valence-corrected chi connectivity index (χ1v) is 8.69. The van der Waals surface area contributed by atoms with Gasteiger partial charge in [0.05, 0.1) is 0 Å². The first kappa shape index (κ1) is 16.6. The van der Waals surface area contributed by atoms with Crippen molar-refractivity contribution in [3.8, 4) is 0 Å². The molecular weight excluding hydrogens is 336 g/mol. The molecule has 134 valence electrons. The SMILES string of the molecule is CCc1ccc(C2=CCN(c3ccc4nnc(C(F)F)n4n3)CC2)cc1. The Balaban J connectivity index is 1.56. The Bertz CT molecular complexity index is 946. The van der Waals surface area contributed by atoms with E-state index in [4.69, 9.17) is 0 Å². The van der Waals surface area contributed by atoms with Crippen LogP contribution < -0.4 is 4.90 Å². The van der Waals surface area contributed by atoms with Crippen molar-refractivity contribution in [2.75, 3.05) is 18.0 Å². The topological polar surface area (TPSA) is 46.3 Å². The molecule has 0 saturated heterocycles. The predicted octanol–water partition coefficient (Wildman–Crippen LogP) is 3.92. The van der Waals surface area contributed by atoms with E-state index in [9.17, 15) is 8.78 Å². The second-order valence-electron chi connectivity index (χ2n) is 6.30. The number of benzene rings is 1. The van der Waals surface area contributed by atoms with Gasteiger partial charge in [-0.2, -0.15) is 4.52 Å². The molecule has 0 atom stereocenters. The summed E-state index contributed by atoms with van der Waals surface area (Å²) in [5.41, 5.74) is 4.20. The zero-order valence-corrected chi connectivity index (χ0v) is 14.4. The van der Waals surface area contributed by atoms with Crippen molar-refractivity contribution in [1.82, 2.24) is 19.8 Å². The van der Waals surface area contributed by atoms with Crippen LogP contribution in [-0.4, -0.2) is 32.9 Å². The maximum Gasteiger partial charge on any atom is 0.299 e. The van der Waals surface area contributed by atoms with Gasteiger partial charge in [-0.05, 0) is 41.7 Å². The van der Waals surface area contributed by atoms with Gasteiger partial charge in [0.15, 0.2) is 5.65 Å². The van der Waals surface area contributed by atoms with Crippen LogP contribution >= 0.6 is 0 Å². The summed E-state index contributed by atoms with van der Waals surface area (Å²) in [5, 5.41) is 11.6. The van der Waals surface area contributed by atoms with Crippen molar-refractivity contribution in [2.24, 2.45) is 0 Å². The van der Waals surface area contributed by atoms with Crippen LogP contribution in [0.25, 0.3) is 11.2 Å². The summed E-state index contributed by atoms with van der Waals surface area (Å²) >= 11 is 0. The fourth-order valence-corrected chi connectivity index (χ4v) is 3.19. The highest BCUT2D eigenvalue weighted by Crippen LogP contribution is 2.26. The molecule has 0 saturated carbocycles. The van der Waals surface area contributed by atoms with E-state index in [-0.39, 0.29) is 0 Å². The maximum absolute atomic E-state index is 13.0. The second kappa shape index (κ2) is 6.82. The van der Waals surface area contributed by atoms with E-state index in [1.807, 2.05) is 0 Å². The summed E-state index contributed by atoms with van der Waals surface area (Å²) in [6.45, 7) is 3.62. The number of nitrogens with zero attached hydrogens (tertiary/aromatic N) is 5. The number of aromatic nitrogens is 4. The lowest BCUT2D eigenvalue weighted by atomic mass is 9.98. The summed E-state index contributed by atoms with van der Waals surface area (Å²) in [5.74, 6) is 0.224. The molecule has 1 aromatic carbocycles. The minimum atomic E-state index is -2.70. The van der Waals surface area contributed by atoms with Crippen LogP contribution in [0.15, 0.2) is 42.5 Å². The van der Waals surface area contributed by atoms with Gasteiger partial charge in [-0.25, -0.2) is 8.78 Å². The first-order valence-electron chi connectivity index (χ1n) is 8.69. The van der Waals surface area contributed by atoms with E-state index in [0.29, 0.717) is 18.0 Å². The highest BCUT2D eigenvalue weighted by atomic mass is 19.3. The standard InChI is InChI=1S/C19H19F2N5/c1-2-13-3-5-14(6-4-13)15-9-11-25(12-10-15)17-8-7-16-22-23-19(18(20)21)26(16)24-17/h3-9,18H,2,10-12H2,1H3. The fourth-order valence-electron chi connectivity index (χ4n) is 3.19. The third kappa shape index (κ3) is 3.05. The number of hydrogen-bond acceptors (Lipinski definition) is 4. The monoisotopic (exact) mass is 355 g/mol. The largest absolute Gasteiger partial charge is 0.351 e. The van der Waals surface area contributed by atoms with Crippen LogP contribution in [0, 0.1) is 0 Å². The molecule has 4 rings (SSSR count). The zero-order valence-electron chi connectivity index (χ0n) is 14.4. The van der Waals surface area contributed by atoms with Crippen molar-refractivity contribution in [3.63, 3.8) is 0 Å². The van der Waals surface area contributed by atoms with Gasteiger partial charge in [0, 0.05) is 13.1 Å². The fraction of sp³-hybridized carbons (Fsp3) is 0.316. The molecule has 0 bridgehead atoms. The van der Waals surface area contributed by atoms with E-state index in [2.05, 4.69) is 57.5 Å². The average Bonchev–Trinajstić information content (AvgIpc) is 3.12. The molecule has 5 nitrogen and oxygen atoms in total. The van der Waals surface area contributed by atoms with Gasteiger partial charge in [0.1, 0.15) is 5.82 Å². The number of halogens is 2. The number of hydrogen-bond donors (Lipinski definition) is 0. The Morgan fingerprint density at radius 1 is 1.08 bits per heavy atom. The molecule has 0 spiro atoms. The predicted molar refractivity (Wildman–Crippen MR) is 96.4 cm³/mol. The number of rotatable bonds is 4. The Kier molecular flexibility index (Phi) is 4.36. The lowest BCUT2D eigenvalue weighted by Gasteiger charge is -2.27. The van der Waals surface area contributed by atoms with Crippen LogP contribution in [0.1, 0.15) is 36.7 Å². The highest BCUT2D eigenvalue weighted by molar-refractivity contribution is 5.68. The normalized spacial score (nSPS) is 14.9. The molecule has 0 unspecified atom stereocenters. The van der Waals surface area contributed by atoms with Crippen LogP contribution in [0.4, 0.5) is 14.6 Å². The summed E-state index contributed by atoms with van der Waals surface area (Å²) in [4.78, 5) is 2.07. The van der Waals surface area contributed by atoms with E-state index in [0.717, 1.165) is 23.9 Å². The molecule has 1 aliphatic rings. The molecule has 3 heterocycles. The number of anilines is 1. The molecule has 0 fully saturated rings. The van der Waals surface area contributed by atoms with E-state index >= 15 is 0 Å².